The van der Waals surface area contributed by atoms with Crippen molar-refractivity contribution in [1.29, 1.82) is 0 Å². The summed E-state index contributed by atoms with van der Waals surface area (Å²) in [6, 6.07) is 7.49. The number of sulfonamides is 1. The Balaban J connectivity index is 1.72. The highest BCUT2D eigenvalue weighted by atomic mass is 32.2. The van der Waals surface area contributed by atoms with E-state index in [4.69, 9.17) is 4.74 Å². The zero-order valence-electron chi connectivity index (χ0n) is 14.2. The minimum atomic E-state index is -3.58. The number of carbonyl (C=O) groups is 1. The predicted molar refractivity (Wildman–Crippen MR) is 94.1 cm³/mol. The van der Waals surface area contributed by atoms with Gasteiger partial charge in [-0.2, -0.15) is 9.29 Å². The Morgan fingerprint density at radius 2 is 2.00 bits per heavy atom. The van der Waals surface area contributed by atoms with Gasteiger partial charge in [0.2, 0.25) is 21.9 Å². The van der Waals surface area contributed by atoms with Crippen LogP contribution in [0.2, 0.25) is 0 Å². The molecule has 0 aliphatic carbocycles. The third kappa shape index (κ3) is 3.92. The van der Waals surface area contributed by atoms with Crippen molar-refractivity contribution in [3.63, 3.8) is 0 Å². The van der Waals surface area contributed by atoms with Crippen LogP contribution in [0.3, 0.4) is 0 Å². The number of hydrogen-bond donors (Lipinski definition) is 2. The molecule has 1 aliphatic rings. The molecule has 138 valence electrons. The van der Waals surface area contributed by atoms with Crippen molar-refractivity contribution >= 4 is 21.9 Å². The molecule has 2 aromatic rings. The van der Waals surface area contributed by atoms with E-state index in [1.807, 2.05) is 0 Å². The first-order chi connectivity index (χ1) is 12.5. The lowest BCUT2D eigenvalue weighted by atomic mass is 10.2. The molecule has 0 atom stereocenters. The molecule has 2 heterocycles. The van der Waals surface area contributed by atoms with Gasteiger partial charge in [-0.3, -0.25) is 15.6 Å². The fraction of sp³-hybridized carbons (Fsp3) is 0.312. The van der Waals surface area contributed by atoms with Crippen molar-refractivity contribution in [2.75, 3.05) is 25.6 Å². The summed E-state index contributed by atoms with van der Waals surface area (Å²) in [6.45, 7) is 1.01. The second-order valence-corrected chi connectivity index (χ2v) is 7.58. The fourth-order valence-electron chi connectivity index (χ4n) is 2.58. The van der Waals surface area contributed by atoms with Gasteiger partial charge in [0.05, 0.1) is 12.0 Å². The summed E-state index contributed by atoms with van der Waals surface area (Å²) >= 11 is 0. The van der Waals surface area contributed by atoms with Gasteiger partial charge in [0.15, 0.2) is 0 Å². The standard InChI is InChI=1S/C16H19N5O4S/c1-25-14-7-8-17-16(18-14)20-19-15(22)12-5-4-6-13(11-12)26(23,24)21-9-2-3-10-21/h4-8,11H,2-3,9-10H2,1H3,(H,19,22)(H,17,18,20). The summed E-state index contributed by atoms with van der Waals surface area (Å²) in [5.74, 6) is -0.0103. The van der Waals surface area contributed by atoms with E-state index in [2.05, 4.69) is 20.8 Å². The van der Waals surface area contributed by atoms with Gasteiger partial charge in [0.25, 0.3) is 5.91 Å². The van der Waals surface area contributed by atoms with Gasteiger partial charge in [0.1, 0.15) is 0 Å². The number of amides is 1. The molecule has 0 spiro atoms. The van der Waals surface area contributed by atoms with Crippen LogP contribution in [0.4, 0.5) is 5.95 Å². The third-order valence-corrected chi connectivity index (χ3v) is 5.82. The molecule has 1 fully saturated rings. The molecule has 9 nitrogen and oxygen atoms in total. The summed E-state index contributed by atoms with van der Waals surface area (Å²) in [5, 5.41) is 0. The fourth-order valence-corrected chi connectivity index (χ4v) is 4.14. The Bertz CT molecular complexity index is 897. The van der Waals surface area contributed by atoms with E-state index in [-0.39, 0.29) is 16.4 Å². The van der Waals surface area contributed by atoms with E-state index < -0.39 is 15.9 Å². The van der Waals surface area contributed by atoms with Crippen LogP contribution in [-0.4, -0.2) is 48.8 Å². The summed E-state index contributed by atoms with van der Waals surface area (Å²) < 4.78 is 31.6. The molecule has 0 unspecified atom stereocenters. The molecule has 3 rings (SSSR count). The Labute approximate surface area is 151 Å². The minimum Gasteiger partial charge on any atom is -0.481 e. The molecule has 1 aromatic carbocycles. The smallest absolute Gasteiger partial charge is 0.269 e. The SMILES string of the molecule is COc1ccnc(NNC(=O)c2cccc(S(=O)(=O)N3CCCC3)c2)n1. The maximum Gasteiger partial charge on any atom is 0.269 e. The third-order valence-electron chi connectivity index (χ3n) is 3.93. The number of carbonyl (C=O) groups excluding carboxylic acids is 1. The van der Waals surface area contributed by atoms with Crippen molar-refractivity contribution in [3.05, 3.63) is 42.1 Å². The number of ether oxygens (including phenoxy) is 1. The maximum absolute atomic E-state index is 12.6. The largest absolute Gasteiger partial charge is 0.481 e. The molecular formula is C16H19N5O4S. The number of anilines is 1. The van der Waals surface area contributed by atoms with Crippen LogP contribution < -0.4 is 15.6 Å². The number of hydrogen-bond acceptors (Lipinski definition) is 7. The Morgan fingerprint density at radius 1 is 1.23 bits per heavy atom. The van der Waals surface area contributed by atoms with Gasteiger partial charge in [-0.05, 0) is 31.0 Å². The highest BCUT2D eigenvalue weighted by Gasteiger charge is 2.27. The average Bonchev–Trinajstić information content (AvgIpc) is 3.22. The van der Waals surface area contributed by atoms with E-state index in [9.17, 15) is 13.2 Å². The van der Waals surface area contributed by atoms with Gasteiger partial charge < -0.3 is 4.74 Å². The Morgan fingerprint density at radius 3 is 2.73 bits per heavy atom. The maximum atomic E-state index is 12.6. The van der Waals surface area contributed by atoms with Crippen LogP contribution in [-0.2, 0) is 10.0 Å². The quantitative estimate of drug-likeness (QED) is 0.723. The second kappa shape index (κ2) is 7.67. The monoisotopic (exact) mass is 377 g/mol. The molecule has 0 bridgehead atoms. The number of benzene rings is 1. The van der Waals surface area contributed by atoms with Crippen molar-refractivity contribution in [3.8, 4) is 5.88 Å². The molecule has 0 saturated carbocycles. The van der Waals surface area contributed by atoms with Crippen LogP contribution in [0.15, 0.2) is 41.4 Å². The van der Waals surface area contributed by atoms with E-state index >= 15 is 0 Å². The van der Waals surface area contributed by atoms with Gasteiger partial charge in [-0.25, -0.2) is 13.4 Å². The number of nitrogens with one attached hydrogen (secondary N) is 2. The van der Waals surface area contributed by atoms with Crippen LogP contribution >= 0.6 is 0 Å². The van der Waals surface area contributed by atoms with Crippen molar-refractivity contribution in [2.24, 2.45) is 0 Å². The van der Waals surface area contributed by atoms with E-state index in [1.165, 1.54) is 35.8 Å². The number of rotatable bonds is 6. The number of aromatic nitrogens is 2. The van der Waals surface area contributed by atoms with Crippen molar-refractivity contribution in [2.45, 2.75) is 17.7 Å². The molecule has 10 heteroatoms. The summed E-state index contributed by atoms with van der Waals surface area (Å²) in [7, 11) is -2.11. The highest BCUT2D eigenvalue weighted by molar-refractivity contribution is 7.89. The Kier molecular flexibility index (Phi) is 5.33. The van der Waals surface area contributed by atoms with Crippen LogP contribution in [0.5, 0.6) is 5.88 Å². The van der Waals surface area contributed by atoms with E-state index in [0.717, 1.165) is 12.8 Å². The van der Waals surface area contributed by atoms with Crippen LogP contribution in [0, 0.1) is 0 Å². The number of nitrogens with zero attached hydrogens (tertiary/aromatic N) is 3. The van der Waals surface area contributed by atoms with Gasteiger partial charge in [-0.1, -0.05) is 6.07 Å². The lowest BCUT2D eigenvalue weighted by Gasteiger charge is -2.16. The number of hydrazine groups is 1. The summed E-state index contributed by atoms with van der Waals surface area (Å²) in [5.41, 5.74) is 5.22. The van der Waals surface area contributed by atoms with Gasteiger partial charge >= 0.3 is 0 Å². The molecule has 0 radical (unpaired) electrons. The molecular weight excluding hydrogens is 358 g/mol. The van der Waals surface area contributed by atoms with E-state index in [1.54, 1.807) is 12.1 Å². The average molecular weight is 377 g/mol. The molecule has 1 saturated heterocycles. The normalized spacial score (nSPS) is 14.8. The molecule has 1 amide bonds. The van der Waals surface area contributed by atoms with E-state index in [0.29, 0.717) is 19.0 Å². The molecule has 1 aliphatic heterocycles. The topological polar surface area (TPSA) is 114 Å². The highest BCUT2D eigenvalue weighted by Crippen LogP contribution is 2.21. The van der Waals surface area contributed by atoms with Crippen LogP contribution in [0.25, 0.3) is 0 Å². The first-order valence-electron chi connectivity index (χ1n) is 8.04. The first-order valence-corrected chi connectivity index (χ1v) is 9.48. The van der Waals surface area contributed by atoms with Crippen molar-refractivity contribution in [1.82, 2.24) is 19.7 Å². The summed E-state index contributed by atoms with van der Waals surface area (Å²) in [6.07, 6.45) is 3.18. The lowest BCUT2D eigenvalue weighted by Crippen LogP contribution is -2.31. The lowest BCUT2D eigenvalue weighted by molar-refractivity contribution is 0.0962. The Hall–Kier alpha value is -2.72. The molecule has 2 N–H and O–H groups in total. The molecule has 26 heavy (non-hydrogen) atoms. The second-order valence-electron chi connectivity index (χ2n) is 5.64. The van der Waals surface area contributed by atoms with Crippen molar-refractivity contribution < 1.29 is 17.9 Å². The van der Waals surface area contributed by atoms with Crippen LogP contribution in [0.1, 0.15) is 23.2 Å². The minimum absolute atomic E-state index is 0.102. The zero-order chi connectivity index (χ0) is 18.6. The molecule has 1 aromatic heterocycles. The first kappa shape index (κ1) is 18.1. The number of methoxy groups -OCH3 is 1. The van der Waals surface area contributed by atoms with Gasteiger partial charge in [-0.15, -0.1) is 0 Å². The summed E-state index contributed by atoms with van der Waals surface area (Å²) in [4.78, 5) is 20.4. The zero-order valence-corrected chi connectivity index (χ0v) is 15.0. The predicted octanol–water partition coefficient (Wildman–Crippen LogP) is 1.03. The van der Waals surface area contributed by atoms with Gasteiger partial charge in [0, 0.05) is 30.9 Å².